The quantitative estimate of drug-likeness (QED) is 0.721. The fraction of sp³-hybridized carbons (Fsp3) is 0.667. The van der Waals surface area contributed by atoms with Gasteiger partial charge >= 0.3 is 0 Å². The van der Waals surface area contributed by atoms with Gasteiger partial charge in [0, 0.05) is 26.0 Å². The van der Waals surface area contributed by atoms with Crippen molar-refractivity contribution in [2.45, 2.75) is 25.3 Å². The summed E-state index contributed by atoms with van der Waals surface area (Å²) in [5.74, 6) is 1.33. The Bertz CT molecular complexity index is 380. The molecular formula is C12H20N4O2. The third kappa shape index (κ3) is 3.08. The van der Waals surface area contributed by atoms with Crippen LogP contribution in [0.25, 0.3) is 0 Å². The van der Waals surface area contributed by atoms with Crippen LogP contribution >= 0.6 is 0 Å². The van der Waals surface area contributed by atoms with E-state index >= 15 is 0 Å². The van der Waals surface area contributed by atoms with Crippen LogP contribution in [0, 0.1) is 0 Å². The number of nitrogens with one attached hydrogen (secondary N) is 2. The van der Waals surface area contributed by atoms with Gasteiger partial charge in [0.2, 0.25) is 5.95 Å². The first kappa shape index (κ1) is 13.0. The Morgan fingerprint density at radius 2 is 2.22 bits per heavy atom. The number of rotatable bonds is 5. The van der Waals surface area contributed by atoms with Crippen molar-refractivity contribution < 1.29 is 9.84 Å². The minimum atomic E-state index is -0.323. The Kier molecular flexibility index (Phi) is 4.33. The van der Waals surface area contributed by atoms with Gasteiger partial charge in [-0.25, -0.2) is 4.98 Å². The molecule has 0 amide bonds. The predicted molar refractivity (Wildman–Crippen MR) is 69.7 cm³/mol. The monoisotopic (exact) mass is 252 g/mol. The maximum Gasteiger partial charge on any atom is 0.224 e. The van der Waals surface area contributed by atoms with Gasteiger partial charge in [-0.2, -0.15) is 4.98 Å². The number of hydrogen-bond donors (Lipinski definition) is 3. The third-order valence-electron chi connectivity index (χ3n) is 3.14. The zero-order chi connectivity index (χ0) is 12.8. The van der Waals surface area contributed by atoms with Gasteiger partial charge in [0.15, 0.2) is 0 Å². The molecule has 0 aliphatic carbocycles. The Hall–Kier alpha value is -1.40. The summed E-state index contributed by atoms with van der Waals surface area (Å²) >= 11 is 0. The van der Waals surface area contributed by atoms with Gasteiger partial charge in [-0.05, 0) is 25.8 Å². The summed E-state index contributed by atoms with van der Waals surface area (Å²) in [5, 5.41) is 16.0. The SMILES string of the molecule is CCNc1nccc(NC2(CO)CCOCC2)n1. The van der Waals surface area contributed by atoms with Crippen molar-refractivity contribution in [2.75, 3.05) is 37.0 Å². The minimum Gasteiger partial charge on any atom is -0.394 e. The van der Waals surface area contributed by atoms with E-state index in [-0.39, 0.29) is 12.1 Å². The van der Waals surface area contributed by atoms with Gasteiger partial charge in [0.25, 0.3) is 0 Å². The molecule has 1 fully saturated rings. The van der Waals surface area contributed by atoms with Crippen LogP contribution in [0.3, 0.4) is 0 Å². The van der Waals surface area contributed by atoms with Crippen LogP contribution in [0.15, 0.2) is 12.3 Å². The molecule has 0 saturated carbocycles. The molecule has 6 nitrogen and oxygen atoms in total. The first-order chi connectivity index (χ1) is 8.78. The minimum absolute atomic E-state index is 0.0803. The standard InChI is InChI=1S/C12H20N4O2/c1-2-13-11-14-6-3-10(15-11)16-12(9-17)4-7-18-8-5-12/h3,6,17H,2,4-5,7-9H2,1H3,(H2,13,14,15,16). The zero-order valence-corrected chi connectivity index (χ0v) is 10.6. The lowest BCUT2D eigenvalue weighted by molar-refractivity contribution is 0.0378. The van der Waals surface area contributed by atoms with Gasteiger partial charge in [-0.15, -0.1) is 0 Å². The molecule has 6 heteroatoms. The lowest BCUT2D eigenvalue weighted by Gasteiger charge is -2.36. The second-order valence-corrected chi connectivity index (χ2v) is 4.47. The van der Waals surface area contributed by atoms with Crippen molar-refractivity contribution in [3.8, 4) is 0 Å². The number of nitrogens with zero attached hydrogens (tertiary/aromatic N) is 2. The molecule has 3 N–H and O–H groups in total. The van der Waals surface area contributed by atoms with E-state index in [1.165, 1.54) is 0 Å². The molecule has 0 bridgehead atoms. The van der Waals surface area contributed by atoms with Crippen molar-refractivity contribution in [1.82, 2.24) is 9.97 Å². The molecule has 18 heavy (non-hydrogen) atoms. The molecule has 2 rings (SSSR count). The highest BCUT2D eigenvalue weighted by molar-refractivity contribution is 5.42. The Morgan fingerprint density at radius 1 is 1.44 bits per heavy atom. The van der Waals surface area contributed by atoms with Crippen LogP contribution in [0.1, 0.15) is 19.8 Å². The van der Waals surface area contributed by atoms with E-state index in [1.54, 1.807) is 6.20 Å². The molecule has 0 atom stereocenters. The molecule has 1 aliphatic rings. The maximum atomic E-state index is 9.60. The second kappa shape index (κ2) is 5.97. The largest absolute Gasteiger partial charge is 0.394 e. The second-order valence-electron chi connectivity index (χ2n) is 4.47. The molecule has 1 aromatic heterocycles. The van der Waals surface area contributed by atoms with E-state index < -0.39 is 0 Å². The molecule has 0 aromatic carbocycles. The molecule has 0 radical (unpaired) electrons. The first-order valence-corrected chi connectivity index (χ1v) is 6.32. The normalized spacial score (nSPS) is 18.3. The highest BCUT2D eigenvalue weighted by Gasteiger charge is 2.32. The van der Waals surface area contributed by atoms with E-state index in [2.05, 4.69) is 20.6 Å². The summed E-state index contributed by atoms with van der Waals surface area (Å²) in [6.07, 6.45) is 3.27. The van der Waals surface area contributed by atoms with Gasteiger partial charge in [0.1, 0.15) is 5.82 Å². The fourth-order valence-electron chi connectivity index (χ4n) is 2.03. The number of ether oxygens (including phenoxy) is 1. The maximum absolute atomic E-state index is 9.60. The van der Waals surface area contributed by atoms with E-state index in [1.807, 2.05) is 13.0 Å². The van der Waals surface area contributed by atoms with Gasteiger partial charge in [0.05, 0.1) is 12.1 Å². The average Bonchev–Trinajstić information content (AvgIpc) is 2.41. The van der Waals surface area contributed by atoms with E-state index in [9.17, 15) is 5.11 Å². The highest BCUT2D eigenvalue weighted by Crippen LogP contribution is 2.24. The lowest BCUT2D eigenvalue weighted by atomic mass is 9.91. The third-order valence-corrected chi connectivity index (χ3v) is 3.14. The molecule has 1 aromatic rings. The van der Waals surface area contributed by atoms with Crippen LogP contribution in [-0.2, 0) is 4.74 Å². The summed E-state index contributed by atoms with van der Waals surface area (Å²) in [6.45, 7) is 4.19. The van der Waals surface area contributed by atoms with Crippen LogP contribution in [-0.4, -0.2) is 47.0 Å². The predicted octanol–water partition coefficient (Wildman–Crippen LogP) is 0.862. The van der Waals surface area contributed by atoms with E-state index in [4.69, 9.17) is 4.74 Å². The average molecular weight is 252 g/mol. The summed E-state index contributed by atoms with van der Waals surface area (Å²) in [5.41, 5.74) is -0.323. The summed E-state index contributed by atoms with van der Waals surface area (Å²) < 4.78 is 5.33. The molecule has 100 valence electrons. The van der Waals surface area contributed by atoms with Crippen molar-refractivity contribution in [3.63, 3.8) is 0 Å². The molecule has 0 unspecified atom stereocenters. The van der Waals surface area contributed by atoms with Crippen molar-refractivity contribution in [2.24, 2.45) is 0 Å². The molecular weight excluding hydrogens is 232 g/mol. The van der Waals surface area contributed by atoms with Gasteiger partial charge in [-0.1, -0.05) is 0 Å². The first-order valence-electron chi connectivity index (χ1n) is 6.32. The number of hydrogen-bond acceptors (Lipinski definition) is 6. The van der Waals surface area contributed by atoms with Crippen LogP contribution in [0.4, 0.5) is 11.8 Å². The number of anilines is 2. The van der Waals surface area contributed by atoms with Crippen molar-refractivity contribution in [3.05, 3.63) is 12.3 Å². The van der Waals surface area contributed by atoms with Crippen molar-refractivity contribution in [1.29, 1.82) is 0 Å². The summed E-state index contributed by atoms with van der Waals surface area (Å²) in [7, 11) is 0. The Morgan fingerprint density at radius 3 is 2.89 bits per heavy atom. The van der Waals surface area contributed by atoms with Crippen LogP contribution < -0.4 is 10.6 Å². The topological polar surface area (TPSA) is 79.3 Å². The number of aromatic nitrogens is 2. The van der Waals surface area contributed by atoms with Crippen LogP contribution in [0.5, 0.6) is 0 Å². The Balaban J connectivity index is 2.08. The van der Waals surface area contributed by atoms with Crippen molar-refractivity contribution >= 4 is 11.8 Å². The van der Waals surface area contributed by atoms with E-state index in [0.29, 0.717) is 19.2 Å². The molecule has 1 aliphatic heterocycles. The summed E-state index contributed by atoms with van der Waals surface area (Å²) in [6, 6.07) is 1.81. The smallest absolute Gasteiger partial charge is 0.224 e. The fourth-order valence-corrected chi connectivity index (χ4v) is 2.03. The number of aliphatic hydroxyl groups is 1. The molecule has 1 saturated heterocycles. The lowest BCUT2D eigenvalue weighted by Crippen LogP contribution is -2.47. The van der Waals surface area contributed by atoms with Gasteiger partial charge < -0.3 is 20.5 Å². The zero-order valence-electron chi connectivity index (χ0n) is 10.6. The molecule has 0 spiro atoms. The highest BCUT2D eigenvalue weighted by atomic mass is 16.5. The molecule has 2 heterocycles. The Labute approximate surface area is 107 Å². The van der Waals surface area contributed by atoms with Gasteiger partial charge in [-0.3, -0.25) is 0 Å². The summed E-state index contributed by atoms with van der Waals surface area (Å²) in [4.78, 5) is 8.49. The van der Waals surface area contributed by atoms with E-state index in [0.717, 1.165) is 25.2 Å². The number of aliphatic hydroxyl groups excluding tert-OH is 1. The van der Waals surface area contributed by atoms with Crippen LogP contribution in [0.2, 0.25) is 0 Å².